The van der Waals surface area contributed by atoms with Crippen LogP contribution in [-0.4, -0.2) is 40.3 Å². The second-order valence-electron chi connectivity index (χ2n) is 8.62. The van der Waals surface area contributed by atoms with Gasteiger partial charge in [0.25, 0.3) is 5.56 Å². The molecule has 2 heterocycles. The zero-order valence-corrected chi connectivity index (χ0v) is 19.6. The van der Waals surface area contributed by atoms with Crippen molar-refractivity contribution in [2.45, 2.75) is 45.6 Å². The van der Waals surface area contributed by atoms with Gasteiger partial charge in [0, 0.05) is 18.2 Å². The van der Waals surface area contributed by atoms with Gasteiger partial charge in [-0.05, 0) is 45.0 Å². The van der Waals surface area contributed by atoms with Gasteiger partial charge < -0.3 is 14.2 Å². The average molecular weight is 479 g/mol. The Kier molecular flexibility index (Phi) is 6.97. The fraction of sp³-hybridized carbons (Fsp3) is 0.308. The van der Waals surface area contributed by atoms with Crippen molar-refractivity contribution in [2.24, 2.45) is 0 Å². The van der Waals surface area contributed by atoms with Crippen LogP contribution in [0.4, 0.5) is 0 Å². The molecule has 35 heavy (non-hydrogen) atoms. The number of nitrogens with one attached hydrogen (secondary N) is 1. The molecule has 1 fully saturated rings. The molecule has 4 rings (SSSR count). The van der Waals surface area contributed by atoms with Crippen LogP contribution in [0, 0.1) is 20.8 Å². The third-order valence-corrected chi connectivity index (χ3v) is 5.85. The van der Waals surface area contributed by atoms with Crippen LogP contribution < -0.4 is 11.2 Å². The molecule has 0 saturated carbocycles. The molecule has 0 amide bonds. The lowest BCUT2D eigenvalue weighted by atomic mass is 10.1. The smallest absolute Gasteiger partial charge is 0.338 e. The van der Waals surface area contributed by atoms with Crippen LogP contribution in [0.15, 0.2) is 64.3 Å². The van der Waals surface area contributed by atoms with Crippen molar-refractivity contribution >= 4 is 11.9 Å². The molecule has 3 aromatic rings. The Morgan fingerprint density at radius 2 is 1.51 bits per heavy atom. The van der Waals surface area contributed by atoms with Crippen LogP contribution in [0.1, 0.15) is 50.1 Å². The largest absolute Gasteiger partial charge is 0.459 e. The third-order valence-electron chi connectivity index (χ3n) is 5.85. The number of aryl methyl sites for hydroxylation is 3. The summed E-state index contributed by atoms with van der Waals surface area (Å²) in [6.07, 6.45) is -0.903. The SMILES string of the molecule is Cc1ccc(C(=O)OCC2OC(n3cc(C)c(=O)[nH]c3=O)CC2OC(=O)c2ccc(C)cc2)cc1. The molecule has 3 unspecified atom stereocenters. The highest BCUT2D eigenvalue weighted by Gasteiger charge is 2.40. The van der Waals surface area contributed by atoms with E-state index in [1.54, 1.807) is 55.5 Å². The first-order chi connectivity index (χ1) is 16.7. The highest BCUT2D eigenvalue weighted by molar-refractivity contribution is 5.90. The van der Waals surface area contributed by atoms with E-state index in [4.69, 9.17) is 14.2 Å². The summed E-state index contributed by atoms with van der Waals surface area (Å²) in [6, 6.07) is 13.8. The van der Waals surface area contributed by atoms with Crippen molar-refractivity contribution in [2.75, 3.05) is 6.61 Å². The molecule has 1 saturated heterocycles. The van der Waals surface area contributed by atoms with E-state index in [2.05, 4.69) is 4.98 Å². The van der Waals surface area contributed by atoms with Gasteiger partial charge >= 0.3 is 17.6 Å². The zero-order valence-electron chi connectivity index (χ0n) is 19.6. The number of hydrogen-bond donors (Lipinski definition) is 1. The maximum atomic E-state index is 12.8. The standard InChI is InChI=1S/C26H26N2O7/c1-15-4-8-18(9-5-15)24(30)33-14-21-20(35-25(31)19-10-6-16(2)7-11-19)12-22(34-21)28-13-17(3)23(29)27-26(28)32/h4-11,13,20-22H,12,14H2,1-3H3,(H,27,29,32). The summed E-state index contributed by atoms with van der Waals surface area (Å²) in [5.74, 6) is -1.10. The summed E-state index contributed by atoms with van der Waals surface area (Å²) < 4.78 is 18.4. The van der Waals surface area contributed by atoms with Gasteiger partial charge in [-0.25, -0.2) is 14.4 Å². The second-order valence-corrected chi connectivity index (χ2v) is 8.62. The van der Waals surface area contributed by atoms with E-state index in [0.717, 1.165) is 11.1 Å². The molecule has 0 radical (unpaired) electrons. The minimum atomic E-state index is -0.822. The number of ether oxygens (including phenoxy) is 3. The predicted octanol–water partition coefficient (Wildman–Crippen LogP) is 2.83. The van der Waals surface area contributed by atoms with Crippen LogP contribution in [0.3, 0.4) is 0 Å². The Labute approximate surface area is 201 Å². The molecule has 182 valence electrons. The molecule has 2 aromatic carbocycles. The number of aromatic amines is 1. The van der Waals surface area contributed by atoms with Crippen molar-refractivity contribution in [3.63, 3.8) is 0 Å². The van der Waals surface area contributed by atoms with Gasteiger partial charge in [-0.15, -0.1) is 0 Å². The fourth-order valence-electron chi connectivity index (χ4n) is 3.77. The number of H-pyrrole nitrogens is 1. The zero-order chi connectivity index (χ0) is 25.1. The maximum absolute atomic E-state index is 12.8. The summed E-state index contributed by atoms with van der Waals surface area (Å²) in [6.45, 7) is 5.20. The molecule has 0 aliphatic carbocycles. The van der Waals surface area contributed by atoms with Gasteiger partial charge in [0.15, 0.2) is 0 Å². The number of carbonyl (C=O) groups excluding carboxylic acids is 2. The summed E-state index contributed by atoms with van der Waals surface area (Å²) in [5.41, 5.74) is 1.95. The monoisotopic (exact) mass is 478 g/mol. The highest BCUT2D eigenvalue weighted by atomic mass is 16.6. The molecule has 1 aliphatic heterocycles. The predicted molar refractivity (Wildman–Crippen MR) is 126 cm³/mol. The van der Waals surface area contributed by atoms with Gasteiger partial charge in [0.1, 0.15) is 25.0 Å². The van der Waals surface area contributed by atoms with Crippen molar-refractivity contribution < 1.29 is 23.8 Å². The first-order valence-corrected chi connectivity index (χ1v) is 11.2. The van der Waals surface area contributed by atoms with E-state index >= 15 is 0 Å². The average Bonchev–Trinajstić information content (AvgIpc) is 3.22. The van der Waals surface area contributed by atoms with Crippen molar-refractivity contribution in [3.05, 3.63) is 103 Å². The van der Waals surface area contributed by atoms with E-state index in [9.17, 15) is 19.2 Å². The summed E-state index contributed by atoms with van der Waals surface area (Å²) >= 11 is 0. The molecular weight excluding hydrogens is 452 g/mol. The first-order valence-electron chi connectivity index (χ1n) is 11.2. The van der Waals surface area contributed by atoms with Crippen LogP contribution in [0.5, 0.6) is 0 Å². The van der Waals surface area contributed by atoms with Crippen LogP contribution in [-0.2, 0) is 14.2 Å². The van der Waals surface area contributed by atoms with Gasteiger partial charge in [0.2, 0.25) is 0 Å². The Morgan fingerprint density at radius 1 is 0.943 bits per heavy atom. The number of esters is 2. The normalized spacial score (nSPS) is 19.3. The number of carbonyl (C=O) groups is 2. The Balaban J connectivity index is 1.53. The van der Waals surface area contributed by atoms with E-state index in [1.807, 2.05) is 13.8 Å². The molecule has 1 aromatic heterocycles. The fourth-order valence-corrected chi connectivity index (χ4v) is 3.77. The van der Waals surface area contributed by atoms with E-state index < -0.39 is 41.6 Å². The molecule has 9 heteroatoms. The van der Waals surface area contributed by atoms with Gasteiger partial charge in [-0.2, -0.15) is 0 Å². The lowest BCUT2D eigenvalue weighted by Gasteiger charge is -2.19. The summed E-state index contributed by atoms with van der Waals surface area (Å²) in [4.78, 5) is 51.6. The van der Waals surface area contributed by atoms with Crippen LogP contribution in [0.2, 0.25) is 0 Å². The lowest BCUT2D eigenvalue weighted by molar-refractivity contribution is -0.0582. The van der Waals surface area contributed by atoms with E-state index in [-0.39, 0.29) is 13.0 Å². The van der Waals surface area contributed by atoms with Gasteiger partial charge in [-0.3, -0.25) is 14.3 Å². The molecule has 1 N–H and O–H groups in total. The number of hydrogen-bond acceptors (Lipinski definition) is 7. The topological polar surface area (TPSA) is 117 Å². The lowest BCUT2D eigenvalue weighted by Crippen LogP contribution is -2.33. The van der Waals surface area contributed by atoms with E-state index in [0.29, 0.717) is 16.7 Å². The van der Waals surface area contributed by atoms with Crippen molar-refractivity contribution in [3.8, 4) is 0 Å². The Morgan fingerprint density at radius 3 is 2.11 bits per heavy atom. The highest BCUT2D eigenvalue weighted by Crippen LogP contribution is 2.31. The minimum Gasteiger partial charge on any atom is -0.459 e. The van der Waals surface area contributed by atoms with Gasteiger partial charge in [0.05, 0.1) is 11.1 Å². The maximum Gasteiger partial charge on any atom is 0.338 e. The minimum absolute atomic E-state index is 0.135. The van der Waals surface area contributed by atoms with Crippen molar-refractivity contribution in [1.82, 2.24) is 9.55 Å². The molecular formula is C26H26N2O7. The molecule has 3 atom stereocenters. The summed E-state index contributed by atoms with van der Waals surface area (Å²) in [5, 5.41) is 0. The Hall–Kier alpha value is -3.98. The summed E-state index contributed by atoms with van der Waals surface area (Å²) in [7, 11) is 0. The van der Waals surface area contributed by atoms with E-state index in [1.165, 1.54) is 10.8 Å². The number of rotatable bonds is 6. The molecule has 1 aliphatic rings. The van der Waals surface area contributed by atoms with Crippen molar-refractivity contribution in [1.29, 1.82) is 0 Å². The quantitative estimate of drug-likeness (QED) is 0.542. The Bertz CT molecular complexity index is 1340. The second kappa shape index (κ2) is 10.1. The molecule has 0 bridgehead atoms. The van der Waals surface area contributed by atoms with Gasteiger partial charge in [-0.1, -0.05) is 35.4 Å². The van der Waals surface area contributed by atoms with Crippen LogP contribution >= 0.6 is 0 Å². The molecule has 0 spiro atoms. The first kappa shape index (κ1) is 24.2. The number of aromatic nitrogens is 2. The number of benzene rings is 2. The van der Waals surface area contributed by atoms with Crippen LogP contribution in [0.25, 0.3) is 0 Å². The molecule has 9 nitrogen and oxygen atoms in total. The number of nitrogens with zero attached hydrogens (tertiary/aromatic N) is 1. The third kappa shape index (κ3) is 5.58.